The number of piperidine rings is 1. The fourth-order valence-electron chi connectivity index (χ4n) is 3.62. The minimum atomic E-state index is 1.21. The average Bonchev–Trinajstić information content (AvgIpc) is 2.64. The molecule has 0 aromatic heterocycles. The first-order valence-electron chi connectivity index (χ1n) is 7.63. The molecule has 0 spiro atoms. The summed E-state index contributed by atoms with van der Waals surface area (Å²) in [4.78, 5) is 2.46. The van der Waals surface area contributed by atoms with Gasteiger partial charge in [0.15, 0.2) is 0 Å². The van der Waals surface area contributed by atoms with Gasteiger partial charge in [-0.05, 0) is 68.7 Å². The molecular weight excluding hydrogens is 218 g/mol. The van der Waals surface area contributed by atoms with Crippen molar-refractivity contribution in [2.24, 2.45) is 0 Å². The average molecular weight is 243 g/mol. The van der Waals surface area contributed by atoms with Gasteiger partial charge >= 0.3 is 0 Å². The summed E-state index contributed by atoms with van der Waals surface area (Å²) in [5, 5.41) is 0. The second kappa shape index (κ2) is 5.44. The van der Waals surface area contributed by atoms with E-state index in [0.29, 0.717) is 0 Å². The van der Waals surface area contributed by atoms with Gasteiger partial charge in [-0.3, -0.25) is 0 Å². The summed E-state index contributed by atoms with van der Waals surface area (Å²) in [5.41, 5.74) is 6.92. The van der Waals surface area contributed by atoms with Crippen LogP contribution in [0.3, 0.4) is 0 Å². The lowest BCUT2D eigenvalue weighted by Gasteiger charge is -2.28. The van der Waals surface area contributed by atoms with Crippen molar-refractivity contribution in [2.45, 2.75) is 51.4 Å². The zero-order valence-corrected chi connectivity index (χ0v) is 11.7. The van der Waals surface area contributed by atoms with Gasteiger partial charge in [-0.15, -0.1) is 0 Å². The van der Waals surface area contributed by atoms with Gasteiger partial charge in [-0.2, -0.15) is 0 Å². The number of hydrogen-bond acceptors (Lipinski definition) is 1. The Balaban J connectivity index is 1.89. The molecule has 0 saturated carbocycles. The summed E-state index contributed by atoms with van der Waals surface area (Å²) >= 11 is 0. The van der Waals surface area contributed by atoms with Gasteiger partial charge in [-0.1, -0.05) is 24.1 Å². The minimum Gasteiger partial charge on any atom is -0.306 e. The first-order valence-corrected chi connectivity index (χ1v) is 7.63. The number of likely N-dealkylation sites (tertiary alicyclic amines) is 1. The van der Waals surface area contributed by atoms with E-state index in [1.807, 2.05) is 0 Å². The molecule has 0 radical (unpaired) electrons. The van der Waals surface area contributed by atoms with Crippen LogP contribution in [-0.2, 0) is 0 Å². The normalized spacial score (nSPS) is 26.3. The maximum atomic E-state index is 2.46. The van der Waals surface area contributed by atoms with Crippen LogP contribution < -0.4 is 0 Å². The quantitative estimate of drug-likeness (QED) is 0.615. The molecule has 1 saturated heterocycles. The van der Waals surface area contributed by atoms with Gasteiger partial charge in [-0.25, -0.2) is 0 Å². The van der Waals surface area contributed by atoms with Crippen LogP contribution in [0.15, 0.2) is 34.4 Å². The Labute approximate surface area is 111 Å². The lowest BCUT2D eigenvalue weighted by molar-refractivity contribution is 0.311. The van der Waals surface area contributed by atoms with Crippen LogP contribution >= 0.6 is 0 Å². The molecule has 3 rings (SSSR count). The van der Waals surface area contributed by atoms with Crippen molar-refractivity contribution < 1.29 is 0 Å². The number of rotatable bonds is 0. The second-order valence-electron chi connectivity index (χ2n) is 6.06. The van der Waals surface area contributed by atoms with E-state index in [0.717, 1.165) is 0 Å². The summed E-state index contributed by atoms with van der Waals surface area (Å²) in [7, 11) is 2.25. The van der Waals surface area contributed by atoms with Crippen LogP contribution in [-0.4, -0.2) is 25.0 Å². The van der Waals surface area contributed by atoms with Crippen molar-refractivity contribution in [1.29, 1.82) is 0 Å². The fraction of sp³-hybridized carbons (Fsp3) is 0.647. The second-order valence-corrected chi connectivity index (χ2v) is 6.06. The van der Waals surface area contributed by atoms with Gasteiger partial charge in [0.05, 0.1) is 0 Å². The van der Waals surface area contributed by atoms with E-state index in [-0.39, 0.29) is 0 Å². The van der Waals surface area contributed by atoms with Crippen LogP contribution in [0.4, 0.5) is 0 Å². The molecule has 0 aromatic rings. The SMILES string of the molecule is CN1CCC(=C2CC=CC3=C2CCCCC3)CC1. The predicted molar refractivity (Wildman–Crippen MR) is 77.6 cm³/mol. The molecule has 0 bridgehead atoms. The molecule has 2 aliphatic carbocycles. The maximum Gasteiger partial charge on any atom is 0.00159 e. The van der Waals surface area contributed by atoms with Crippen molar-refractivity contribution in [1.82, 2.24) is 4.90 Å². The monoisotopic (exact) mass is 243 g/mol. The van der Waals surface area contributed by atoms with Crippen molar-refractivity contribution in [2.75, 3.05) is 20.1 Å². The lowest BCUT2D eigenvalue weighted by atomic mass is 9.83. The Hall–Kier alpha value is -0.820. The summed E-state index contributed by atoms with van der Waals surface area (Å²) in [5.74, 6) is 0. The Morgan fingerprint density at radius 3 is 2.50 bits per heavy atom. The van der Waals surface area contributed by atoms with Crippen molar-refractivity contribution in [3.8, 4) is 0 Å². The van der Waals surface area contributed by atoms with E-state index in [9.17, 15) is 0 Å². The first-order chi connectivity index (χ1) is 8.84. The molecule has 0 unspecified atom stereocenters. The molecule has 0 atom stereocenters. The van der Waals surface area contributed by atoms with Gasteiger partial charge in [0, 0.05) is 13.1 Å². The Morgan fingerprint density at radius 2 is 1.67 bits per heavy atom. The zero-order valence-electron chi connectivity index (χ0n) is 11.7. The maximum absolute atomic E-state index is 2.46. The summed E-state index contributed by atoms with van der Waals surface area (Å²) in [6, 6.07) is 0. The summed E-state index contributed by atoms with van der Waals surface area (Å²) in [6.07, 6.45) is 15.5. The van der Waals surface area contributed by atoms with E-state index in [4.69, 9.17) is 0 Å². The highest BCUT2D eigenvalue weighted by atomic mass is 15.1. The first kappa shape index (κ1) is 12.2. The van der Waals surface area contributed by atoms with Gasteiger partial charge in [0.25, 0.3) is 0 Å². The summed E-state index contributed by atoms with van der Waals surface area (Å²) < 4.78 is 0. The standard InChI is InChI=1S/C17H25N/c1-18-12-10-15(11-13-18)17-9-5-7-14-6-3-2-4-8-16(14)17/h5,7H,2-4,6,8-13H2,1H3. The van der Waals surface area contributed by atoms with Crippen LogP contribution in [0, 0.1) is 0 Å². The molecule has 1 aliphatic heterocycles. The van der Waals surface area contributed by atoms with E-state index < -0.39 is 0 Å². The molecule has 18 heavy (non-hydrogen) atoms. The van der Waals surface area contributed by atoms with Crippen molar-refractivity contribution in [3.05, 3.63) is 34.4 Å². The van der Waals surface area contributed by atoms with E-state index in [1.165, 1.54) is 64.5 Å². The Bertz CT molecular complexity index is 401. The van der Waals surface area contributed by atoms with E-state index in [2.05, 4.69) is 24.1 Å². The van der Waals surface area contributed by atoms with Gasteiger partial charge in [0.2, 0.25) is 0 Å². The molecule has 1 nitrogen and oxygen atoms in total. The highest BCUT2D eigenvalue weighted by Crippen LogP contribution is 2.37. The smallest absolute Gasteiger partial charge is 0.00159 e. The fourth-order valence-corrected chi connectivity index (χ4v) is 3.62. The predicted octanol–water partition coefficient (Wildman–Crippen LogP) is 4.23. The molecule has 0 amide bonds. The zero-order chi connectivity index (χ0) is 12.4. The number of nitrogens with zero attached hydrogens (tertiary/aromatic N) is 1. The van der Waals surface area contributed by atoms with Crippen LogP contribution in [0.5, 0.6) is 0 Å². The molecule has 1 heteroatoms. The van der Waals surface area contributed by atoms with Crippen LogP contribution in [0.2, 0.25) is 0 Å². The molecular formula is C17H25N. The van der Waals surface area contributed by atoms with Crippen LogP contribution in [0.1, 0.15) is 51.4 Å². The minimum absolute atomic E-state index is 1.21. The third-order valence-corrected chi connectivity index (χ3v) is 4.78. The molecule has 1 heterocycles. The lowest BCUT2D eigenvalue weighted by Crippen LogP contribution is -2.27. The van der Waals surface area contributed by atoms with Crippen LogP contribution in [0.25, 0.3) is 0 Å². The topological polar surface area (TPSA) is 3.24 Å². The molecule has 1 fully saturated rings. The molecule has 0 N–H and O–H groups in total. The van der Waals surface area contributed by atoms with Gasteiger partial charge in [0.1, 0.15) is 0 Å². The van der Waals surface area contributed by atoms with Crippen molar-refractivity contribution >= 4 is 0 Å². The number of hydrogen-bond donors (Lipinski definition) is 0. The third-order valence-electron chi connectivity index (χ3n) is 4.78. The van der Waals surface area contributed by atoms with E-state index >= 15 is 0 Å². The summed E-state index contributed by atoms with van der Waals surface area (Å²) in [6.45, 7) is 2.51. The largest absolute Gasteiger partial charge is 0.306 e. The molecule has 3 aliphatic rings. The Morgan fingerprint density at radius 1 is 0.889 bits per heavy atom. The molecule has 0 aromatic carbocycles. The number of allylic oxidation sites excluding steroid dienone is 5. The Kier molecular flexibility index (Phi) is 3.69. The van der Waals surface area contributed by atoms with Gasteiger partial charge < -0.3 is 4.90 Å². The van der Waals surface area contributed by atoms with Crippen molar-refractivity contribution in [3.63, 3.8) is 0 Å². The molecule has 98 valence electrons. The highest BCUT2D eigenvalue weighted by molar-refractivity contribution is 5.48. The third kappa shape index (κ3) is 2.47. The highest BCUT2D eigenvalue weighted by Gasteiger charge is 2.21. The van der Waals surface area contributed by atoms with E-state index in [1.54, 1.807) is 22.3 Å².